The van der Waals surface area contributed by atoms with Crippen LogP contribution in [0, 0.1) is 0 Å². The average Bonchev–Trinajstić information content (AvgIpc) is 2.35. The third kappa shape index (κ3) is 4.07. The second-order valence-corrected chi connectivity index (χ2v) is 3.54. The largest absolute Gasteiger partial charge is 0.412 e. The Labute approximate surface area is 111 Å². The van der Waals surface area contributed by atoms with Crippen LogP contribution in [0.5, 0.6) is 5.75 Å². The lowest BCUT2D eigenvalue weighted by atomic mass is 10.1. The van der Waals surface area contributed by atoms with Gasteiger partial charge in [-0.05, 0) is 45.5 Å². The van der Waals surface area contributed by atoms with Gasteiger partial charge in [0.1, 0.15) is 5.75 Å². The van der Waals surface area contributed by atoms with Gasteiger partial charge in [-0.25, -0.2) is 4.79 Å². The lowest BCUT2D eigenvalue weighted by molar-refractivity contribution is 0.201. The van der Waals surface area contributed by atoms with Gasteiger partial charge >= 0.3 is 6.09 Å². The summed E-state index contributed by atoms with van der Waals surface area (Å²) in [6, 6.07) is 5.20. The summed E-state index contributed by atoms with van der Waals surface area (Å²) in [4.78, 5) is 11.9. The molecular weight excluding hydrogens is 216 g/mol. The van der Waals surface area contributed by atoms with Crippen LogP contribution in [0.4, 0.5) is 4.79 Å². The van der Waals surface area contributed by atoms with E-state index in [1.165, 1.54) is 19.1 Å². The Kier molecular flexibility index (Phi) is 2.58. The SMILES string of the molecule is [2H]C([2H])([2H])N([C@@H](C)c1cccc(OC(=O)NCC)c1)C([2H])([2H])[2H]. The first-order chi connectivity index (χ1) is 10.5. The molecule has 0 aromatic heterocycles. The van der Waals surface area contributed by atoms with E-state index in [1.54, 1.807) is 19.1 Å². The third-order valence-electron chi connectivity index (χ3n) is 2.26. The molecule has 0 spiro atoms. The lowest BCUT2D eigenvalue weighted by Crippen LogP contribution is -2.26. The van der Waals surface area contributed by atoms with Gasteiger partial charge in [0.15, 0.2) is 0 Å². The molecule has 4 nitrogen and oxygen atoms in total. The summed E-state index contributed by atoms with van der Waals surface area (Å²) >= 11 is 0. The summed E-state index contributed by atoms with van der Waals surface area (Å²) in [5.74, 6) is 0.205. The minimum atomic E-state index is -2.79. The van der Waals surface area contributed by atoms with E-state index in [0.717, 1.165) is 0 Å². The minimum Gasteiger partial charge on any atom is -0.410 e. The maximum atomic E-state index is 11.4. The molecule has 0 aliphatic heterocycles. The summed E-state index contributed by atoms with van der Waals surface area (Å²) in [6.07, 6.45) is -0.638. The lowest BCUT2D eigenvalue weighted by Gasteiger charge is -2.20. The van der Waals surface area contributed by atoms with Crippen LogP contribution in [0.25, 0.3) is 0 Å². The minimum absolute atomic E-state index is 0.205. The maximum absolute atomic E-state index is 11.4. The quantitative estimate of drug-likeness (QED) is 0.881. The van der Waals surface area contributed by atoms with Gasteiger partial charge in [-0.2, -0.15) is 0 Å². The number of benzene rings is 1. The number of nitrogens with one attached hydrogen (secondary N) is 1. The molecular formula is C13H20N2O2. The number of carbonyl (C=O) groups excluding carboxylic acids is 1. The van der Waals surface area contributed by atoms with E-state index in [0.29, 0.717) is 17.0 Å². The third-order valence-corrected chi connectivity index (χ3v) is 2.26. The van der Waals surface area contributed by atoms with Gasteiger partial charge in [-0.3, -0.25) is 0 Å². The first-order valence-electron chi connectivity index (χ1n) is 8.32. The maximum Gasteiger partial charge on any atom is 0.412 e. The number of amides is 1. The van der Waals surface area contributed by atoms with Crippen LogP contribution in [0.2, 0.25) is 0 Å². The normalized spacial score (nSPS) is 19.0. The highest BCUT2D eigenvalue weighted by atomic mass is 16.5. The fourth-order valence-corrected chi connectivity index (χ4v) is 1.27. The molecule has 0 radical (unpaired) electrons. The van der Waals surface area contributed by atoms with Gasteiger partial charge in [0.05, 0.1) is 0 Å². The van der Waals surface area contributed by atoms with Gasteiger partial charge < -0.3 is 15.0 Å². The highest BCUT2D eigenvalue weighted by molar-refractivity contribution is 5.70. The number of nitrogens with zero attached hydrogens (tertiary/aromatic N) is 1. The van der Waals surface area contributed by atoms with E-state index in [-0.39, 0.29) is 5.75 Å². The zero-order valence-electron chi connectivity index (χ0n) is 15.9. The monoisotopic (exact) mass is 242 g/mol. The van der Waals surface area contributed by atoms with Crippen molar-refractivity contribution in [3.63, 3.8) is 0 Å². The Morgan fingerprint density at radius 2 is 2.35 bits per heavy atom. The molecule has 94 valence electrons. The summed E-state index contributed by atoms with van der Waals surface area (Å²) in [5, 5.41) is 2.46. The second-order valence-electron chi connectivity index (χ2n) is 3.54. The van der Waals surface area contributed by atoms with E-state index in [4.69, 9.17) is 13.0 Å². The first-order valence-corrected chi connectivity index (χ1v) is 5.32. The van der Waals surface area contributed by atoms with Crippen LogP contribution in [-0.4, -0.2) is 31.5 Å². The van der Waals surface area contributed by atoms with E-state index in [2.05, 4.69) is 5.32 Å². The van der Waals surface area contributed by atoms with Crippen LogP contribution in [-0.2, 0) is 0 Å². The number of rotatable bonds is 4. The molecule has 0 unspecified atom stereocenters. The Balaban J connectivity index is 3.07. The molecule has 1 aromatic carbocycles. The fraction of sp³-hybridized carbons (Fsp3) is 0.462. The topological polar surface area (TPSA) is 41.6 Å². The van der Waals surface area contributed by atoms with Gasteiger partial charge in [0, 0.05) is 20.8 Å². The van der Waals surface area contributed by atoms with Crippen molar-refractivity contribution in [3.05, 3.63) is 29.8 Å². The van der Waals surface area contributed by atoms with Gasteiger partial charge in [-0.1, -0.05) is 12.1 Å². The summed E-state index contributed by atoms with van der Waals surface area (Å²) < 4.78 is 49.7. The molecule has 0 heterocycles. The van der Waals surface area contributed by atoms with Crippen molar-refractivity contribution in [3.8, 4) is 5.75 Å². The molecule has 0 saturated heterocycles. The smallest absolute Gasteiger partial charge is 0.410 e. The highest BCUT2D eigenvalue weighted by Gasteiger charge is 2.09. The van der Waals surface area contributed by atoms with Crippen LogP contribution >= 0.6 is 0 Å². The van der Waals surface area contributed by atoms with Crippen molar-refractivity contribution >= 4 is 6.09 Å². The van der Waals surface area contributed by atoms with Crippen molar-refractivity contribution in [1.29, 1.82) is 0 Å². The molecule has 1 amide bonds. The Morgan fingerprint density at radius 1 is 1.59 bits per heavy atom. The van der Waals surface area contributed by atoms with Crippen molar-refractivity contribution in [2.24, 2.45) is 0 Å². The Morgan fingerprint density at radius 3 is 3.00 bits per heavy atom. The predicted molar refractivity (Wildman–Crippen MR) is 68.2 cm³/mol. The van der Waals surface area contributed by atoms with Crippen molar-refractivity contribution in [1.82, 2.24) is 10.2 Å². The molecule has 0 aliphatic rings. The molecule has 0 bridgehead atoms. The fourth-order valence-electron chi connectivity index (χ4n) is 1.27. The van der Waals surface area contributed by atoms with Crippen LogP contribution in [0.1, 0.15) is 33.7 Å². The number of hydrogen-bond donors (Lipinski definition) is 1. The van der Waals surface area contributed by atoms with Gasteiger partial charge in [-0.15, -0.1) is 0 Å². The Hall–Kier alpha value is -1.55. The number of hydrogen-bond acceptors (Lipinski definition) is 3. The summed E-state index contributed by atoms with van der Waals surface area (Å²) in [5.41, 5.74) is 0.416. The summed E-state index contributed by atoms with van der Waals surface area (Å²) in [7, 11) is 0. The molecule has 1 aromatic rings. The second kappa shape index (κ2) is 6.25. The number of carbonyl (C=O) groups is 1. The highest BCUT2D eigenvalue weighted by Crippen LogP contribution is 2.21. The van der Waals surface area contributed by atoms with Crippen LogP contribution in [0.15, 0.2) is 24.3 Å². The standard InChI is InChI=1S/C13H20N2O2/c1-5-14-13(16)17-12-8-6-7-11(9-12)10(2)15(3)4/h6-10H,5H2,1-4H3,(H,14,16)/t10-/m0/s1/i3D3,4D3. The number of ether oxygens (including phenoxy) is 1. The van der Waals surface area contributed by atoms with Gasteiger partial charge in [0.2, 0.25) is 0 Å². The molecule has 1 N–H and O–H groups in total. The molecule has 1 rings (SSSR count). The van der Waals surface area contributed by atoms with Gasteiger partial charge in [0.25, 0.3) is 0 Å². The zero-order chi connectivity index (χ0) is 17.8. The van der Waals surface area contributed by atoms with Crippen LogP contribution < -0.4 is 10.1 Å². The van der Waals surface area contributed by atoms with E-state index in [1.807, 2.05) is 0 Å². The average molecular weight is 242 g/mol. The molecule has 17 heavy (non-hydrogen) atoms. The molecule has 0 aliphatic carbocycles. The molecule has 0 fully saturated rings. The van der Waals surface area contributed by atoms with Crippen molar-refractivity contribution in [2.75, 3.05) is 20.5 Å². The predicted octanol–water partition coefficient (Wildman–Crippen LogP) is 2.42. The van der Waals surface area contributed by atoms with E-state index in [9.17, 15) is 4.79 Å². The molecule has 4 heteroatoms. The zero-order valence-corrected chi connectivity index (χ0v) is 9.86. The van der Waals surface area contributed by atoms with E-state index < -0.39 is 26.1 Å². The van der Waals surface area contributed by atoms with Crippen LogP contribution in [0.3, 0.4) is 0 Å². The summed E-state index contributed by atoms with van der Waals surface area (Å²) in [6.45, 7) is -1.96. The molecule has 0 saturated carbocycles. The molecule has 1 atom stereocenters. The van der Waals surface area contributed by atoms with Crippen molar-refractivity contribution < 1.29 is 17.8 Å². The van der Waals surface area contributed by atoms with E-state index >= 15 is 0 Å². The van der Waals surface area contributed by atoms with Crippen molar-refractivity contribution in [2.45, 2.75) is 19.9 Å². The first kappa shape index (κ1) is 7.01. The Bertz CT molecular complexity index is 530.